The SMILES string of the molecule is COC(C)(C)C(C)N1CCC(NCC2CC2)CC1. The average molecular weight is 254 g/mol. The van der Waals surface area contributed by atoms with E-state index in [4.69, 9.17) is 4.74 Å². The van der Waals surface area contributed by atoms with Gasteiger partial charge in [0.2, 0.25) is 0 Å². The monoisotopic (exact) mass is 254 g/mol. The summed E-state index contributed by atoms with van der Waals surface area (Å²) < 4.78 is 5.61. The van der Waals surface area contributed by atoms with E-state index in [1.807, 2.05) is 7.11 Å². The maximum atomic E-state index is 5.61. The molecule has 1 heterocycles. The zero-order valence-corrected chi connectivity index (χ0v) is 12.5. The fourth-order valence-electron chi connectivity index (χ4n) is 2.76. The van der Waals surface area contributed by atoms with Gasteiger partial charge in [0.25, 0.3) is 0 Å². The Morgan fingerprint density at radius 3 is 2.33 bits per heavy atom. The molecule has 1 unspecified atom stereocenters. The first-order valence-electron chi connectivity index (χ1n) is 7.55. The molecule has 3 nitrogen and oxygen atoms in total. The van der Waals surface area contributed by atoms with Crippen molar-refractivity contribution in [1.82, 2.24) is 10.2 Å². The second-order valence-corrected chi connectivity index (χ2v) is 6.65. The topological polar surface area (TPSA) is 24.5 Å². The second-order valence-electron chi connectivity index (χ2n) is 6.65. The Balaban J connectivity index is 1.71. The number of hydrogen-bond donors (Lipinski definition) is 1. The molecule has 1 aliphatic heterocycles. The Morgan fingerprint density at radius 1 is 1.22 bits per heavy atom. The van der Waals surface area contributed by atoms with Crippen LogP contribution >= 0.6 is 0 Å². The van der Waals surface area contributed by atoms with Crippen molar-refractivity contribution in [2.24, 2.45) is 5.92 Å². The predicted molar refractivity (Wildman–Crippen MR) is 75.9 cm³/mol. The van der Waals surface area contributed by atoms with Crippen LogP contribution in [0.4, 0.5) is 0 Å². The van der Waals surface area contributed by atoms with Gasteiger partial charge in [-0.05, 0) is 58.9 Å². The minimum absolute atomic E-state index is 0.0473. The van der Waals surface area contributed by atoms with Crippen LogP contribution in [0.5, 0.6) is 0 Å². The number of nitrogens with one attached hydrogen (secondary N) is 1. The van der Waals surface area contributed by atoms with Crippen molar-refractivity contribution in [2.45, 2.75) is 64.1 Å². The standard InChI is InChI=1S/C15H30N2O/c1-12(15(2,3)18-4)17-9-7-14(8-10-17)16-11-13-5-6-13/h12-14,16H,5-11H2,1-4H3. The van der Waals surface area contributed by atoms with Crippen molar-refractivity contribution in [3.8, 4) is 0 Å². The molecule has 0 radical (unpaired) electrons. The summed E-state index contributed by atoms with van der Waals surface area (Å²) in [5, 5.41) is 3.74. The molecule has 1 N–H and O–H groups in total. The van der Waals surface area contributed by atoms with Crippen LogP contribution in [0, 0.1) is 5.92 Å². The molecule has 2 rings (SSSR count). The molecule has 18 heavy (non-hydrogen) atoms. The van der Waals surface area contributed by atoms with Crippen LogP contribution in [0.2, 0.25) is 0 Å². The molecule has 0 aromatic heterocycles. The molecule has 3 heteroatoms. The van der Waals surface area contributed by atoms with Crippen molar-refractivity contribution in [3.63, 3.8) is 0 Å². The summed E-state index contributed by atoms with van der Waals surface area (Å²) in [6.45, 7) is 10.3. The molecule has 2 fully saturated rings. The van der Waals surface area contributed by atoms with Gasteiger partial charge in [0, 0.05) is 32.3 Å². The number of ether oxygens (including phenoxy) is 1. The van der Waals surface area contributed by atoms with E-state index >= 15 is 0 Å². The summed E-state index contributed by atoms with van der Waals surface area (Å²) in [7, 11) is 1.82. The first kappa shape index (κ1) is 14.3. The van der Waals surface area contributed by atoms with Crippen LogP contribution in [-0.4, -0.2) is 49.3 Å². The van der Waals surface area contributed by atoms with Crippen LogP contribution in [0.3, 0.4) is 0 Å². The van der Waals surface area contributed by atoms with Gasteiger partial charge in [-0.25, -0.2) is 0 Å². The summed E-state index contributed by atoms with van der Waals surface area (Å²) in [4.78, 5) is 2.58. The Bertz CT molecular complexity index is 255. The molecule has 1 aliphatic carbocycles. The highest BCUT2D eigenvalue weighted by Gasteiger charge is 2.33. The van der Waals surface area contributed by atoms with E-state index in [0.29, 0.717) is 6.04 Å². The molecular weight excluding hydrogens is 224 g/mol. The minimum Gasteiger partial charge on any atom is -0.377 e. The number of likely N-dealkylation sites (tertiary alicyclic amines) is 1. The van der Waals surface area contributed by atoms with E-state index in [2.05, 4.69) is 31.0 Å². The quantitative estimate of drug-likeness (QED) is 0.787. The zero-order chi connectivity index (χ0) is 13.2. The third-order valence-electron chi connectivity index (χ3n) is 5.00. The summed E-state index contributed by atoms with van der Waals surface area (Å²) in [5.74, 6) is 0.995. The lowest BCUT2D eigenvalue weighted by atomic mass is 9.95. The maximum absolute atomic E-state index is 5.61. The lowest BCUT2D eigenvalue weighted by Gasteiger charge is -2.42. The number of methoxy groups -OCH3 is 1. The Hall–Kier alpha value is -0.120. The second kappa shape index (κ2) is 5.89. The molecule has 2 aliphatic rings. The van der Waals surface area contributed by atoms with Gasteiger partial charge in [-0.2, -0.15) is 0 Å². The molecule has 0 aromatic carbocycles. The van der Waals surface area contributed by atoms with Gasteiger partial charge in [0.05, 0.1) is 5.60 Å². The molecule has 1 saturated heterocycles. The largest absolute Gasteiger partial charge is 0.377 e. The van der Waals surface area contributed by atoms with Crippen molar-refractivity contribution in [3.05, 3.63) is 0 Å². The average Bonchev–Trinajstić information content (AvgIpc) is 3.20. The van der Waals surface area contributed by atoms with Gasteiger partial charge in [0.15, 0.2) is 0 Å². The Kier molecular flexibility index (Phi) is 4.68. The lowest BCUT2D eigenvalue weighted by Crippen LogP contribution is -2.53. The van der Waals surface area contributed by atoms with Gasteiger partial charge in [-0.15, -0.1) is 0 Å². The third kappa shape index (κ3) is 3.69. The van der Waals surface area contributed by atoms with Gasteiger partial charge in [-0.3, -0.25) is 4.90 Å². The van der Waals surface area contributed by atoms with E-state index < -0.39 is 0 Å². The molecule has 0 aromatic rings. The van der Waals surface area contributed by atoms with Crippen molar-refractivity contribution in [1.29, 1.82) is 0 Å². The van der Waals surface area contributed by atoms with E-state index in [-0.39, 0.29) is 5.60 Å². The number of rotatable bonds is 6. The summed E-state index contributed by atoms with van der Waals surface area (Å²) >= 11 is 0. The summed E-state index contributed by atoms with van der Waals surface area (Å²) in [6.07, 6.45) is 5.48. The van der Waals surface area contributed by atoms with Crippen molar-refractivity contribution >= 4 is 0 Å². The molecule has 1 saturated carbocycles. The highest BCUT2D eigenvalue weighted by molar-refractivity contribution is 4.89. The first-order chi connectivity index (χ1) is 8.53. The summed E-state index contributed by atoms with van der Waals surface area (Å²) in [6, 6.07) is 1.24. The van der Waals surface area contributed by atoms with Gasteiger partial charge in [0.1, 0.15) is 0 Å². The highest BCUT2D eigenvalue weighted by Crippen LogP contribution is 2.28. The maximum Gasteiger partial charge on any atom is 0.0774 e. The Morgan fingerprint density at radius 2 is 1.83 bits per heavy atom. The van der Waals surface area contributed by atoms with E-state index in [0.717, 1.165) is 12.0 Å². The molecule has 0 spiro atoms. The number of piperidine rings is 1. The minimum atomic E-state index is -0.0473. The predicted octanol–water partition coefficient (Wildman–Crippen LogP) is 2.26. The first-order valence-corrected chi connectivity index (χ1v) is 7.55. The van der Waals surface area contributed by atoms with Gasteiger partial charge < -0.3 is 10.1 Å². The van der Waals surface area contributed by atoms with Crippen LogP contribution in [0.15, 0.2) is 0 Å². The fraction of sp³-hybridized carbons (Fsp3) is 1.00. The lowest BCUT2D eigenvalue weighted by molar-refractivity contribution is -0.0528. The van der Waals surface area contributed by atoms with Crippen LogP contribution in [0.25, 0.3) is 0 Å². The fourth-order valence-corrected chi connectivity index (χ4v) is 2.76. The van der Waals surface area contributed by atoms with Crippen molar-refractivity contribution in [2.75, 3.05) is 26.7 Å². The van der Waals surface area contributed by atoms with Gasteiger partial charge >= 0.3 is 0 Å². The summed E-state index contributed by atoms with van der Waals surface area (Å²) in [5.41, 5.74) is -0.0473. The number of hydrogen-bond acceptors (Lipinski definition) is 3. The molecule has 0 bridgehead atoms. The molecule has 1 atom stereocenters. The van der Waals surface area contributed by atoms with Gasteiger partial charge in [-0.1, -0.05) is 0 Å². The van der Waals surface area contributed by atoms with Crippen LogP contribution in [0.1, 0.15) is 46.5 Å². The molecular formula is C15H30N2O. The normalized spacial score (nSPS) is 25.3. The molecule has 106 valence electrons. The molecule has 0 amide bonds. The smallest absolute Gasteiger partial charge is 0.0774 e. The third-order valence-corrected chi connectivity index (χ3v) is 5.00. The van der Waals surface area contributed by atoms with E-state index in [9.17, 15) is 0 Å². The van der Waals surface area contributed by atoms with Crippen LogP contribution < -0.4 is 5.32 Å². The van der Waals surface area contributed by atoms with Crippen molar-refractivity contribution < 1.29 is 4.74 Å². The highest BCUT2D eigenvalue weighted by atomic mass is 16.5. The van der Waals surface area contributed by atoms with Crippen LogP contribution in [-0.2, 0) is 4.74 Å². The number of nitrogens with zero attached hydrogens (tertiary/aromatic N) is 1. The van der Waals surface area contributed by atoms with E-state index in [1.54, 1.807) is 0 Å². The Labute approximate surface area is 112 Å². The zero-order valence-electron chi connectivity index (χ0n) is 12.5. The van der Waals surface area contributed by atoms with E-state index in [1.165, 1.54) is 45.3 Å².